The minimum Gasteiger partial charge on any atom is -0.497 e. The fourth-order valence-electron chi connectivity index (χ4n) is 4.01. The van der Waals surface area contributed by atoms with E-state index in [4.69, 9.17) is 15.2 Å². The van der Waals surface area contributed by atoms with E-state index in [1.165, 1.54) is 23.1 Å². The van der Waals surface area contributed by atoms with Gasteiger partial charge in [0.2, 0.25) is 0 Å². The van der Waals surface area contributed by atoms with E-state index in [0.717, 1.165) is 37.7 Å². The smallest absolute Gasteiger partial charge is 0.159 e. The summed E-state index contributed by atoms with van der Waals surface area (Å²) in [5.74, 6) is 2.67. The van der Waals surface area contributed by atoms with E-state index in [0.29, 0.717) is 23.0 Å². The molecule has 0 spiro atoms. The number of hydrogen-bond acceptors (Lipinski definition) is 8. The largest absolute Gasteiger partial charge is 0.497 e. The fraction of sp³-hybridized carbons (Fsp3) is 0.333. The molecule has 2 heterocycles. The standard InChI is InChI=1S/C24H30N6O2/c1-16-6-5-7-20(17(16)2)29-10-12-30(13-11-29)24-22(25)23(26-15-27-24)28-19-14-18(31-3)8-9-21(19)32-4/h5-9,14-15H,10-13,25H2,1-4H3,(H,26,27,28). The van der Waals surface area contributed by atoms with Gasteiger partial charge in [-0.05, 0) is 43.2 Å². The van der Waals surface area contributed by atoms with Crippen molar-refractivity contribution in [2.24, 2.45) is 0 Å². The summed E-state index contributed by atoms with van der Waals surface area (Å²) in [5.41, 5.74) is 11.7. The van der Waals surface area contributed by atoms with Crippen LogP contribution in [-0.4, -0.2) is 50.4 Å². The van der Waals surface area contributed by atoms with E-state index in [2.05, 4.69) is 57.1 Å². The maximum absolute atomic E-state index is 6.50. The molecule has 0 amide bonds. The van der Waals surface area contributed by atoms with Crippen molar-refractivity contribution < 1.29 is 9.47 Å². The lowest BCUT2D eigenvalue weighted by atomic mass is 10.1. The molecule has 0 saturated carbocycles. The first-order valence-electron chi connectivity index (χ1n) is 10.7. The summed E-state index contributed by atoms with van der Waals surface area (Å²) in [6.07, 6.45) is 1.54. The summed E-state index contributed by atoms with van der Waals surface area (Å²) in [6.45, 7) is 7.81. The maximum atomic E-state index is 6.50. The number of benzene rings is 2. The van der Waals surface area contributed by atoms with Crippen LogP contribution in [0.3, 0.4) is 0 Å². The SMILES string of the molecule is COc1ccc(OC)c(Nc2ncnc(N3CCN(c4cccc(C)c4C)CC3)c2N)c1. The van der Waals surface area contributed by atoms with Crippen LogP contribution >= 0.6 is 0 Å². The van der Waals surface area contributed by atoms with Crippen molar-refractivity contribution in [1.82, 2.24) is 9.97 Å². The molecule has 168 valence electrons. The lowest BCUT2D eigenvalue weighted by Crippen LogP contribution is -2.47. The maximum Gasteiger partial charge on any atom is 0.159 e. The summed E-state index contributed by atoms with van der Waals surface area (Å²) in [7, 11) is 3.25. The van der Waals surface area contributed by atoms with E-state index in [9.17, 15) is 0 Å². The Balaban J connectivity index is 1.52. The number of nitrogens with two attached hydrogens (primary N) is 1. The van der Waals surface area contributed by atoms with E-state index < -0.39 is 0 Å². The number of nitrogens with zero attached hydrogens (tertiary/aromatic N) is 4. The molecule has 3 N–H and O–H groups in total. The van der Waals surface area contributed by atoms with Crippen molar-refractivity contribution in [1.29, 1.82) is 0 Å². The summed E-state index contributed by atoms with van der Waals surface area (Å²) in [4.78, 5) is 13.5. The number of anilines is 5. The molecule has 8 heteroatoms. The molecule has 32 heavy (non-hydrogen) atoms. The van der Waals surface area contributed by atoms with Crippen LogP contribution in [0.1, 0.15) is 11.1 Å². The average molecular weight is 435 g/mol. The van der Waals surface area contributed by atoms with Gasteiger partial charge >= 0.3 is 0 Å². The monoisotopic (exact) mass is 434 g/mol. The van der Waals surface area contributed by atoms with Gasteiger partial charge in [0, 0.05) is 37.9 Å². The second kappa shape index (κ2) is 9.21. The molecule has 0 unspecified atom stereocenters. The number of methoxy groups -OCH3 is 2. The van der Waals surface area contributed by atoms with Crippen LogP contribution in [-0.2, 0) is 0 Å². The molecular weight excluding hydrogens is 404 g/mol. The van der Waals surface area contributed by atoms with E-state index in [1.807, 2.05) is 18.2 Å². The number of aryl methyl sites for hydroxylation is 1. The van der Waals surface area contributed by atoms with E-state index in [1.54, 1.807) is 14.2 Å². The molecule has 1 aromatic heterocycles. The molecule has 1 aliphatic rings. The number of piperazine rings is 1. The second-order valence-corrected chi connectivity index (χ2v) is 7.84. The first-order valence-corrected chi connectivity index (χ1v) is 10.7. The highest BCUT2D eigenvalue weighted by molar-refractivity contribution is 5.80. The molecule has 0 radical (unpaired) electrons. The van der Waals surface area contributed by atoms with Gasteiger partial charge in [-0.15, -0.1) is 0 Å². The van der Waals surface area contributed by atoms with Gasteiger partial charge in [-0.3, -0.25) is 0 Å². The second-order valence-electron chi connectivity index (χ2n) is 7.84. The third-order valence-corrected chi connectivity index (χ3v) is 6.02. The molecule has 3 aromatic rings. The van der Waals surface area contributed by atoms with Crippen LogP contribution in [0.25, 0.3) is 0 Å². The summed E-state index contributed by atoms with van der Waals surface area (Å²) < 4.78 is 10.8. The predicted octanol–water partition coefficient (Wildman–Crippen LogP) is 3.76. The Morgan fingerprint density at radius 1 is 0.938 bits per heavy atom. The van der Waals surface area contributed by atoms with Gasteiger partial charge in [-0.2, -0.15) is 0 Å². The zero-order valence-corrected chi connectivity index (χ0v) is 19.1. The van der Waals surface area contributed by atoms with Gasteiger partial charge in [-0.25, -0.2) is 9.97 Å². The van der Waals surface area contributed by atoms with Crippen LogP contribution in [0.2, 0.25) is 0 Å². The molecule has 0 atom stereocenters. The van der Waals surface area contributed by atoms with Crippen molar-refractivity contribution in [2.45, 2.75) is 13.8 Å². The Morgan fingerprint density at radius 2 is 1.69 bits per heavy atom. The van der Waals surface area contributed by atoms with E-state index >= 15 is 0 Å². The average Bonchev–Trinajstić information content (AvgIpc) is 2.82. The first-order chi connectivity index (χ1) is 15.5. The lowest BCUT2D eigenvalue weighted by molar-refractivity contribution is 0.405. The Labute approximate surface area is 189 Å². The Bertz CT molecular complexity index is 1100. The molecule has 1 fully saturated rings. The molecule has 1 saturated heterocycles. The highest BCUT2D eigenvalue weighted by Crippen LogP contribution is 2.35. The van der Waals surface area contributed by atoms with Gasteiger partial charge in [0.15, 0.2) is 11.6 Å². The van der Waals surface area contributed by atoms with Crippen LogP contribution in [0.15, 0.2) is 42.7 Å². The summed E-state index contributed by atoms with van der Waals surface area (Å²) in [5, 5.41) is 3.28. The molecule has 1 aliphatic heterocycles. The van der Waals surface area contributed by atoms with Gasteiger partial charge in [0.25, 0.3) is 0 Å². The molecular formula is C24H30N6O2. The number of nitrogen functional groups attached to an aromatic ring is 1. The van der Waals surface area contributed by atoms with Crippen molar-refractivity contribution in [3.63, 3.8) is 0 Å². The number of aromatic nitrogens is 2. The van der Waals surface area contributed by atoms with Gasteiger partial charge in [0.1, 0.15) is 23.5 Å². The van der Waals surface area contributed by atoms with Crippen molar-refractivity contribution in [3.05, 3.63) is 53.9 Å². The van der Waals surface area contributed by atoms with Gasteiger partial charge < -0.3 is 30.3 Å². The quantitative estimate of drug-likeness (QED) is 0.606. The molecule has 0 aliphatic carbocycles. The molecule has 2 aromatic carbocycles. The zero-order valence-electron chi connectivity index (χ0n) is 19.1. The lowest BCUT2D eigenvalue weighted by Gasteiger charge is -2.38. The van der Waals surface area contributed by atoms with Crippen molar-refractivity contribution in [3.8, 4) is 11.5 Å². The third-order valence-electron chi connectivity index (χ3n) is 6.02. The minimum atomic E-state index is 0.512. The highest BCUT2D eigenvalue weighted by Gasteiger charge is 2.23. The summed E-state index contributed by atoms with van der Waals surface area (Å²) in [6, 6.07) is 12.0. The number of rotatable bonds is 6. The molecule has 0 bridgehead atoms. The van der Waals surface area contributed by atoms with Gasteiger partial charge in [-0.1, -0.05) is 12.1 Å². The minimum absolute atomic E-state index is 0.512. The van der Waals surface area contributed by atoms with Crippen LogP contribution < -0.4 is 30.3 Å². The summed E-state index contributed by atoms with van der Waals surface area (Å²) >= 11 is 0. The normalized spacial score (nSPS) is 13.8. The molecule has 8 nitrogen and oxygen atoms in total. The van der Waals surface area contributed by atoms with E-state index in [-0.39, 0.29) is 0 Å². The first kappa shape index (κ1) is 21.5. The molecule has 4 rings (SSSR count). The van der Waals surface area contributed by atoms with Crippen molar-refractivity contribution in [2.75, 3.05) is 61.2 Å². The predicted molar refractivity (Wildman–Crippen MR) is 130 cm³/mol. The Morgan fingerprint density at radius 3 is 2.41 bits per heavy atom. The fourth-order valence-corrected chi connectivity index (χ4v) is 4.01. The van der Waals surface area contributed by atoms with Crippen LogP contribution in [0, 0.1) is 13.8 Å². The Hall–Kier alpha value is -3.68. The topological polar surface area (TPSA) is 88.8 Å². The number of ether oxygens (including phenoxy) is 2. The highest BCUT2D eigenvalue weighted by atomic mass is 16.5. The van der Waals surface area contributed by atoms with Crippen molar-refractivity contribution >= 4 is 28.7 Å². The van der Waals surface area contributed by atoms with Crippen LogP contribution in [0.5, 0.6) is 11.5 Å². The Kier molecular flexibility index (Phi) is 6.20. The third kappa shape index (κ3) is 4.21. The van der Waals surface area contributed by atoms with Gasteiger partial charge in [0.05, 0.1) is 19.9 Å². The zero-order chi connectivity index (χ0) is 22.7. The number of hydrogen-bond donors (Lipinski definition) is 2. The van der Waals surface area contributed by atoms with Crippen LogP contribution in [0.4, 0.5) is 28.7 Å². The number of nitrogens with one attached hydrogen (secondary N) is 1.